The Morgan fingerprint density at radius 1 is 0.889 bits per heavy atom. The van der Waals surface area contributed by atoms with Crippen molar-refractivity contribution in [3.05, 3.63) is 58.7 Å². The van der Waals surface area contributed by atoms with E-state index in [0.717, 1.165) is 22.3 Å². The molecule has 2 rings (SSSR count). The highest BCUT2D eigenvalue weighted by Crippen LogP contribution is 2.28. The average molecular weight is 240 g/mol. The summed E-state index contributed by atoms with van der Waals surface area (Å²) in [5.41, 5.74) is 5.37. The number of carboxylic acids is 1. The highest BCUT2D eigenvalue weighted by Gasteiger charge is 2.13. The molecule has 18 heavy (non-hydrogen) atoms. The first-order valence-corrected chi connectivity index (χ1v) is 5.90. The summed E-state index contributed by atoms with van der Waals surface area (Å²) in [6.07, 6.45) is 0. The Balaban J connectivity index is 2.67. The molecule has 0 aliphatic rings. The van der Waals surface area contributed by atoms with E-state index in [1.165, 1.54) is 5.56 Å². The third kappa shape index (κ3) is 2.28. The molecule has 0 aliphatic heterocycles. The van der Waals surface area contributed by atoms with E-state index in [4.69, 9.17) is 0 Å². The molecule has 0 radical (unpaired) electrons. The van der Waals surface area contributed by atoms with Crippen LogP contribution < -0.4 is 0 Å². The van der Waals surface area contributed by atoms with Gasteiger partial charge in [-0.1, -0.05) is 41.5 Å². The second-order valence-electron chi connectivity index (χ2n) is 4.67. The van der Waals surface area contributed by atoms with E-state index >= 15 is 0 Å². The molecule has 0 amide bonds. The van der Waals surface area contributed by atoms with Crippen molar-refractivity contribution >= 4 is 5.97 Å². The van der Waals surface area contributed by atoms with Gasteiger partial charge in [0.1, 0.15) is 0 Å². The second-order valence-corrected chi connectivity index (χ2v) is 4.67. The molecule has 0 saturated heterocycles. The van der Waals surface area contributed by atoms with E-state index in [-0.39, 0.29) is 0 Å². The smallest absolute Gasteiger partial charge is 0.336 e. The summed E-state index contributed by atoms with van der Waals surface area (Å²) in [4.78, 5) is 11.3. The number of carbonyl (C=O) groups is 1. The number of hydrogen-bond donors (Lipinski definition) is 1. The highest BCUT2D eigenvalue weighted by atomic mass is 16.4. The Labute approximate surface area is 107 Å². The van der Waals surface area contributed by atoms with E-state index in [2.05, 4.69) is 6.07 Å². The molecule has 2 nitrogen and oxygen atoms in total. The zero-order valence-electron chi connectivity index (χ0n) is 10.8. The molecule has 0 aliphatic carbocycles. The van der Waals surface area contributed by atoms with Gasteiger partial charge in [0, 0.05) is 0 Å². The van der Waals surface area contributed by atoms with Crippen molar-refractivity contribution in [2.24, 2.45) is 0 Å². The quantitative estimate of drug-likeness (QED) is 0.862. The predicted octanol–water partition coefficient (Wildman–Crippen LogP) is 3.98. The monoisotopic (exact) mass is 240 g/mol. The van der Waals surface area contributed by atoms with Crippen molar-refractivity contribution in [3.8, 4) is 11.1 Å². The summed E-state index contributed by atoms with van der Waals surface area (Å²) in [7, 11) is 0. The minimum Gasteiger partial charge on any atom is -0.478 e. The van der Waals surface area contributed by atoms with Gasteiger partial charge in [-0.05, 0) is 43.5 Å². The van der Waals surface area contributed by atoms with Crippen LogP contribution >= 0.6 is 0 Å². The highest BCUT2D eigenvalue weighted by molar-refractivity contribution is 5.96. The number of carboxylic acid groups (broad SMARTS) is 1. The molecule has 0 spiro atoms. The Morgan fingerprint density at radius 2 is 1.44 bits per heavy atom. The molecule has 1 N–H and O–H groups in total. The predicted molar refractivity (Wildman–Crippen MR) is 73.0 cm³/mol. The van der Waals surface area contributed by atoms with Gasteiger partial charge < -0.3 is 5.11 Å². The van der Waals surface area contributed by atoms with Crippen LogP contribution in [-0.2, 0) is 0 Å². The van der Waals surface area contributed by atoms with E-state index in [1.807, 2.05) is 45.0 Å². The topological polar surface area (TPSA) is 37.3 Å². The van der Waals surface area contributed by atoms with Crippen molar-refractivity contribution in [1.82, 2.24) is 0 Å². The van der Waals surface area contributed by atoms with Gasteiger partial charge in [0.15, 0.2) is 0 Å². The van der Waals surface area contributed by atoms with Crippen LogP contribution in [0, 0.1) is 20.8 Å². The van der Waals surface area contributed by atoms with E-state index in [9.17, 15) is 9.90 Å². The summed E-state index contributed by atoms with van der Waals surface area (Å²) in [6.45, 7) is 5.94. The van der Waals surface area contributed by atoms with Crippen LogP contribution in [0.3, 0.4) is 0 Å². The molecule has 0 unspecified atom stereocenters. The lowest BCUT2D eigenvalue weighted by Crippen LogP contribution is -2.01. The van der Waals surface area contributed by atoms with Gasteiger partial charge in [-0.3, -0.25) is 0 Å². The summed E-state index contributed by atoms with van der Waals surface area (Å²) in [5.74, 6) is -0.881. The minimum absolute atomic E-state index is 0.363. The number of benzene rings is 2. The molecule has 0 aromatic heterocycles. The van der Waals surface area contributed by atoms with Gasteiger partial charge in [0.05, 0.1) is 5.56 Å². The third-order valence-corrected chi connectivity index (χ3v) is 3.08. The second kappa shape index (κ2) is 4.65. The van der Waals surface area contributed by atoms with Crippen molar-refractivity contribution in [2.75, 3.05) is 0 Å². The Bertz CT molecular complexity index is 612. The van der Waals surface area contributed by atoms with Gasteiger partial charge in [0.25, 0.3) is 0 Å². The van der Waals surface area contributed by atoms with Gasteiger partial charge in [-0.25, -0.2) is 4.79 Å². The Hall–Kier alpha value is -2.09. The molecule has 0 heterocycles. The fraction of sp³-hybridized carbons (Fsp3) is 0.188. The van der Waals surface area contributed by atoms with Crippen molar-refractivity contribution in [3.63, 3.8) is 0 Å². The normalized spacial score (nSPS) is 10.4. The minimum atomic E-state index is -0.881. The number of rotatable bonds is 2. The van der Waals surface area contributed by atoms with E-state index in [0.29, 0.717) is 5.56 Å². The molecule has 2 aromatic rings. The maximum atomic E-state index is 11.3. The maximum Gasteiger partial charge on any atom is 0.336 e. The Morgan fingerprint density at radius 3 is 2.00 bits per heavy atom. The van der Waals surface area contributed by atoms with Crippen LogP contribution in [0.1, 0.15) is 27.0 Å². The zero-order valence-corrected chi connectivity index (χ0v) is 10.8. The van der Waals surface area contributed by atoms with Crippen LogP contribution in [0.15, 0.2) is 36.4 Å². The first kappa shape index (κ1) is 12.4. The summed E-state index contributed by atoms with van der Waals surface area (Å²) >= 11 is 0. The lowest BCUT2D eigenvalue weighted by Gasteiger charge is -2.11. The average Bonchev–Trinajstić information content (AvgIpc) is 2.29. The lowest BCUT2D eigenvalue weighted by molar-refractivity contribution is 0.0697. The molecule has 92 valence electrons. The Kier molecular flexibility index (Phi) is 3.19. The molecule has 0 bridgehead atoms. The summed E-state index contributed by atoms with van der Waals surface area (Å²) < 4.78 is 0. The molecule has 2 aromatic carbocycles. The molecule has 0 atom stereocenters. The molecule has 0 fully saturated rings. The van der Waals surface area contributed by atoms with Gasteiger partial charge in [-0.15, -0.1) is 0 Å². The number of hydrogen-bond acceptors (Lipinski definition) is 1. The van der Waals surface area contributed by atoms with Crippen LogP contribution in [0.4, 0.5) is 0 Å². The van der Waals surface area contributed by atoms with E-state index in [1.54, 1.807) is 6.07 Å². The van der Waals surface area contributed by atoms with Gasteiger partial charge >= 0.3 is 5.97 Å². The first-order valence-electron chi connectivity index (χ1n) is 5.90. The van der Waals surface area contributed by atoms with Gasteiger partial charge in [0.2, 0.25) is 0 Å². The standard InChI is InChI=1S/C16H16O2/c1-10-4-6-13(12(3)8-10)14-7-5-11(2)9-15(14)16(17)18/h4-9H,1-3H3,(H,17,18). The van der Waals surface area contributed by atoms with Crippen LogP contribution in [0.25, 0.3) is 11.1 Å². The van der Waals surface area contributed by atoms with Crippen LogP contribution in [0.2, 0.25) is 0 Å². The van der Waals surface area contributed by atoms with E-state index < -0.39 is 5.97 Å². The largest absolute Gasteiger partial charge is 0.478 e. The van der Waals surface area contributed by atoms with Gasteiger partial charge in [-0.2, -0.15) is 0 Å². The molecular formula is C16H16O2. The SMILES string of the molecule is Cc1ccc(-c2ccc(C)cc2C(=O)O)c(C)c1. The summed E-state index contributed by atoms with van der Waals surface area (Å²) in [5, 5.41) is 9.30. The molecular weight excluding hydrogens is 224 g/mol. The molecule has 2 heteroatoms. The third-order valence-electron chi connectivity index (χ3n) is 3.08. The van der Waals surface area contributed by atoms with Crippen LogP contribution in [-0.4, -0.2) is 11.1 Å². The fourth-order valence-electron chi connectivity index (χ4n) is 2.19. The zero-order chi connectivity index (χ0) is 13.3. The van der Waals surface area contributed by atoms with Crippen LogP contribution in [0.5, 0.6) is 0 Å². The van der Waals surface area contributed by atoms with Crippen molar-refractivity contribution in [2.45, 2.75) is 20.8 Å². The van der Waals surface area contributed by atoms with Crippen molar-refractivity contribution < 1.29 is 9.90 Å². The first-order chi connectivity index (χ1) is 8.49. The number of aryl methyl sites for hydroxylation is 3. The lowest BCUT2D eigenvalue weighted by atomic mass is 9.94. The summed E-state index contributed by atoms with van der Waals surface area (Å²) in [6, 6.07) is 11.6. The number of aromatic carboxylic acids is 1. The fourth-order valence-corrected chi connectivity index (χ4v) is 2.19. The maximum absolute atomic E-state index is 11.3. The molecule has 0 saturated carbocycles. The van der Waals surface area contributed by atoms with Crippen molar-refractivity contribution in [1.29, 1.82) is 0 Å².